The van der Waals surface area contributed by atoms with Crippen LogP contribution in [0.25, 0.3) is 11.1 Å². The van der Waals surface area contributed by atoms with Gasteiger partial charge in [0.25, 0.3) is 0 Å². The van der Waals surface area contributed by atoms with E-state index in [1.54, 1.807) is 0 Å². The minimum atomic E-state index is 0.790. The fourth-order valence-electron chi connectivity index (χ4n) is 1.60. The van der Waals surface area contributed by atoms with E-state index < -0.39 is 0 Å². The predicted octanol–water partition coefficient (Wildman–Crippen LogP) is 5.39. The molecular weight excluding hydrogens is 284 g/mol. The Labute approximate surface area is 109 Å². The average molecular weight is 296 g/mol. The van der Waals surface area contributed by atoms with Crippen molar-refractivity contribution in [2.24, 2.45) is 0 Å². The van der Waals surface area contributed by atoms with Crippen molar-refractivity contribution in [1.29, 1.82) is 0 Å². The lowest BCUT2D eigenvalue weighted by Gasteiger charge is -2.08. The normalized spacial score (nSPS) is 10.5. The number of aryl methyl sites for hydroxylation is 2. The fraction of sp³-hybridized carbons (Fsp3) is 0.143. The van der Waals surface area contributed by atoms with Gasteiger partial charge in [0.2, 0.25) is 0 Å². The molecule has 0 atom stereocenters. The maximum Gasteiger partial charge on any atom is 0.0583 e. The van der Waals surface area contributed by atoms with Crippen LogP contribution in [0.1, 0.15) is 11.1 Å². The molecule has 2 aromatic carbocycles. The third kappa shape index (κ3) is 2.16. The number of rotatable bonds is 1. The molecule has 0 N–H and O–H groups in total. The van der Waals surface area contributed by atoms with Crippen molar-refractivity contribution < 1.29 is 0 Å². The summed E-state index contributed by atoms with van der Waals surface area (Å²) in [6, 6.07) is 12.6. The molecule has 0 aliphatic heterocycles. The maximum absolute atomic E-state index is 6.22. The van der Waals surface area contributed by atoms with Gasteiger partial charge in [-0.05, 0) is 46.5 Å². The molecule has 0 fully saturated rings. The van der Waals surface area contributed by atoms with E-state index >= 15 is 0 Å². The van der Waals surface area contributed by atoms with Gasteiger partial charge in [-0.2, -0.15) is 0 Å². The van der Waals surface area contributed by atoms with E-state index in [1.165, 1.54) is 11.1 Å². The van der Waals surface area contributed by atoms with Gasteiger partial charge in [0.1, 0.15) is 0 Å². The smallest absolute Gasteiger partial charge is 0.0583 e. The van der Waals surface area contributed by atoms with Gasteiger partial charge in [-0.25, -0.2) is 0 Å². The van der Waals surface area contributed by atoms with E-state index in [2.05, 4.69) is 53.2 Å². The molecule has 0 bridgehead atoms. The molecule has 2 heteroatoms. The Morgan fingerprint density at radius 3 is 2.19 bits per heavy atom. The monoisotopic (exact) mass is 294 g/mol. The minimum Gasteiger partial charge on any atom is -0.0828 e. The van der Waals surface area contributed by atoms with Gasteiger partial charge in [-0.1, -0.05) is 53.6 Å². The van der Waals surface area contributed by atoms with Crippen LogP contribution in [0.2, 0.25) is 5.02 Å². The summed E-state index contributed by atoms with van der Waals surface area (Å²) in [5.74, 6) is 0. The Kier molecular flexibility index (Phi) is 3.36. The lowest BCUT2D eigenvalue weighted by molar-refractivity contribution is 1.43. The molecule has 0 amide bonds. The number of benzene rings is 2. The number of hydrogen-bond acceptors (Lipinski definition) is 0. The Morgan fingerprint density at radius 2 is 1.56 bits per heavy atom. The Balaban J connectivity index is 2.57. The second-order valence-electron chi connectivity index (χ2n) is 3.92. The van der Waals surface area contributed by atoms with Crippen LogP contribution in [0.5, 0.6) is 0 Å². The first-order valence-electron chi connectivity index (χ1n) is 5.11. The zero-order valence-corrected chi connectivity index (χ0v) is 11.6. The van der Waals surface area contributed by atoms with Gasteiger partial charge in [-0.3, -0.25) is 0 Å². The first kappa shape index (κ1) is 11.7. The molecule has 0 saturated carbocycles. The molecule has 0 nitrogen and oxygen atoms in total. The van der Waals surface area contributed by atoms with E-state index in [0.717, 1.165) is 20.6 Å². The van der Waals surface area contributed by atoms with Crippen LogP contribution < -0.4 is 0 Å². The van der Waals surface area contributed by atoms with E-state index in [4.69, 9.17) is 11.6 Å². The van der Waals surface area contributed by atoms with Crippen LogP contribution in [0.15, 0.2) is 40.9 Å². The largest absolute Gasteiger partial charge is 0.0828 e. The van der Waals surface area contributed by atoms with Crippen molar-refractivity contribution in [1.82, 2.24) is 0 Å². The lowest BCUT2D eigenvalue weighted by Crippen LogP contribution is -1.84. The first-order chi connectivity index (χ1) is 7.59. The molecule has 16 heavy (non-hydrogen) atoms. The van der Waals surface area contributed by atoms with Crippen LogP contribution in [0.3, 0.4) is 0 Å². The summed E-state index contributed by atoms with van der Waals surface area (Å²) in [5, 5.41) is 0.790. The Hall–Kier alpha value is -0.790. The highest BCUT2D eigenvalue weighted by Crippen LogP contribution is 2.35. The quantitative estimate of drug-likeness (QED) is 0.662. The van der Waals surface area contributed by atoms with Gasteiger partial charge in [0.05, 0.1) is 5.02 Å². The summed E-state index contributed by atoms with van der Waals surface area (Å²) in [6.07, 6.45) is 0. The molecule has 0 aliphatic carbocycles. The molecule has 0 aromatic heterocycles. The van der Waals surface area contributed by atoms with Crippen molar-refractivity contribution in [3.05, 3.63) is 57.0 Å². The van der Waals surface area contributed by atoms with Gasteiger partial charge in [0.15, 0.2) is 0 Å². The molecule has 0 aliphatic rings. The maximum atomic E-state index is 6.22. The van der Waals surface area contributed by atoms with Crippen molar-refractivity contribution in [2.45, 2.75) is 13.8 Å². The van der Waals surface area contributed by atoms with Crippen molar-refractivity contribution in [3.63, 3.8) is 0 Å². The van der Waals surface area contributed by atoms with Gasteiger partial charge >= 0.3 is 0 Å². The predicted molar refractivity (Wildman–Crippen MR) is 74.1 cm³/mol. The summed E-state index contributed by atoms with van der Waals surface area (Å²) in [5.41, 5.74) is 4.66. The second-order valence-corrected chi connectivity index (χ2v) is 5.09. The lowest BCUT2D eigenvalue weighted by atomic mass is 10.0. The number of hydrogen-bond donors (Lipinski definition) is 0. The van der Waals surface area contributed by atoms with Crippen LogP contribution >= 0.6 is 27.5 Å². The highest BCUT2D eigenvalue weighted by atomic mass is 79.9. The highest BCUT2D eigenvalue weighted by molar-refractivity contribution is 9.10. The molecule has 82 valence electrons. The summed E-state index contributed by atoms with van der Waals surface area (Å²) < 4.78 is 0.970. The van der Waals surface area contributed by atoms with E-state index in [0.29, 0.717) is 0 Å². The zero-order chi connectivity index (χ0) is 11.7. The standard InChI is InChI=1S/C14H12BrCl/c1-9-3-6-11(7-4-9)12-8-5-10(2)14(16)13(12)15/h3-8H,1-2H3. The fourth-order valence-corrected chi connectivity index (χ4v) is 2.44. The SMILES string of the molecule is Cc1ccc(-c2ccc(C)c(Cl)c2Br)cc1. The third-order valence-corrected chi connectivity index (χ3v) is 4.18. The van der Waals surface area contributed by atoms with Crippen LogP contribution in [0, 0.1) is 13.8 Å². The van der Waals surface area contributed by atoms with Crippen molar-refractivity contribution in [2.75, 3.05) is 0 Å². The van der Waals surface area contributed by atoms with Gasteiger partial charge in [-0.15, -0.1) is 0 Å². The van der Waals surface area contributed by atoms with E-state index in [9.17, 15) is 0 Å². The van der Waals surface area contributed by atoms with Crippen LogP contribution in [-0.2, 0) is 0 Å². The third-order valence-electron chi connectivity index (χ3n) is 2.64. The van der Waals surface area contributed by atoms with Crippen LogP contribution in [0.4, 0.5) is 0 Å². The van der Waals surface area contributed by atoms with Crippen molar-refractivity contribution in [3.8, 4) is 11.1 Å². The van der Waals surface area contributed by atoms with Gasteiger partial charge in [0, 0.05) is 4.47 Å². The van der Waals surface area contributed by atoms with Gasteiger partial charge < -0.3 is 0 Å². The van der Waals surface area contributed by atoms with Crippen LogP contribution in [-0.4, -0.2) is 0 Å². The zero-order valence-electron chi connectivity index (χ0n) is 9.22. The van der Waals surface area contributed by atoms with Crippen molar-refractivity contribution >= 4 is 27.5 Å². The molecule has 0 unspecified atom stereocenters. The summed E-state index contributed by atoms with van der Waals surface area (Å²) in [6.45, 7) is 4.09. The summed E-state index contributed by atoms with van der Waals surface area (Å²) in [7, 11) is 0. The minimum absolute atomic E-state index is 0.790. The second kappa shape index (κ2) is 4.60. The molecule has 0 radical (unpaired) electrons. The van der Waals surface area contributed by atoms with E-state index in [1.807, 2.05) is 13.0 Å². The van der Waals surface area contributed by atoms with E-state index in [-0.39, 0.29) is 0 Å². The highest BCUT2D eigenvalue weighted by Gasteiger charge is 2.08. The Morgan fingerprint density at radius 1 is 0.938 bits per heavy atom. The Bertz CT molecular complexity index is 515. The molecule has 2 rings (SSSR count). The molecule has 0 saturated heterocycles. The summed E-state index contributed by atoms with van der Waals surface area (Å²) >= 11 is 9.77. The molecular formula is C14H12BrCl. The first-order valence-corrected chi connectivity index (χ1v) is 6.28. The molecule has 0 heterocycles. The molecule has 2 aromatic rings. The topological polar surface area (TPSA) is 0 Å². The molecule has 0 spiro atoms. The summed E-state index contributed by atoms with van der Waals surface area (Å²) in [4.78, 5) is 0. The number of halogens is 2. The average Bonchev–Trinajstić information content (AvgIpc) is 2.28.